The van der Waals surface area contributed by atoms with Gasteiger partial charge in [0.1, 0.15) is 23.2 Å². The lowest BCUT2D eigenvalue weighted by molar-refractivity contribution is -0.138. The molecule has 0 bridgehead atoms. The molecule has 3 heterocycles. The number of alkyl halides is 3. The van der Waals surface area contributed by atoms with Gasteiger partial charge in [0, 0.05) is 30.8 Å². The molecule has 15 heteroatoms. The van der Waals surface area contributed by atoms with Crippen LogP contribution >= 0.6 is 0 Å². The van der Waals surface area contributed by atoms with Gasteiger partial charge in [-0.1, -0.05) is 12.1 Å². The number of nitrogens with zero attached hydrogens (tertiary/aromatic N) is 7. The van der Waals surface area contributed by atoms with Crippen molar-refractivity contribution in [1.29, 1.82) is 5.26 Å². The number of rotatable bonds is 4. The van der Waals surface area contributed by atoms with Crippen molar-refractivity contribution >= 4 is 34.0 Å². The summed E-state index contributed by atoms with van der Waals surface area (Å²) in [5, 5.41) is 13.4. The summed E-state index contributed by atoms with van der Waals surface area (Å²) in [6.07, 6.45) is -2.86. The molecule has 1 aromatic carbocycles. The molecule has 1 fully saturated rings. The molecule has 3 aromatic rings. The van der Waals surface area contributed by atoms with Gasteiger partial charge in [0.2, 0.25) is 0 Å². The van der Waals surface area contributed by atoms with Crippen molar-refractivity contribution in [3.05, 3.63) is 45.9 Å². The van der Waals surface area contributed by atoms with E-state index >= 15 is 0 Å². The van der Waals surface area contributed by atoms with Gasteiger partial charge in [-0.2, -0.15) is 38.2 Å². The molecule has 2 aromatic heterocycles. The molecule has 0 saturated carbocycles. The first-order valence-electron chi connectivity index (χ1n) is 12.5. The fourth-order valence-corrected chi connectivity index (χ4v) is 5.05. The number of piperazine rings is 1. The molecule has 1 saturated heterocycles. The molecule has 218 valence electrons. The van der Waals surface area contributed by atoms with Gasteiger partial charge in [0.15, 0.2) is 0 Å². The minimum Gasteiger partial charge on any atom is -0.609 e. The minimum absolute atomic E-state index is 0.0239. The Morgan fingerprint density at radius 2 is 1.95 bits per heavy atom. The number of halogens is 3. The lowest BCUT2D eigenvalue weighted by Gasteiger charge is -2.41. The fourth-order valence-electron chi connectivity index (χ4n) is 4.62. The number of carbonyl (C=O) groups is 1. The maximum Gasteiger partial charge on any atom is 0.418 e. The van der Waals surface area contributed by atoms with Crippen LogP contribution < -0.4 is 10.5 Å². The van der Waals surface area contributed by atoms with Crippen molar-refractivity contribution < 1.29 is 27.3 Å². The van der Waals surface area contributed by atoms with E-state index < -0.39 is 51.9 Å². The Hall–Kier alpha value is -3.90. The van der Waals surface area contributed by atoms with Crippen LogP contribution in [0.3, 0.4) is 0 Å². The van der Waals surface area contributed by atoms with Crippen LogP contribution in [0.1, 0.15) is 38.3 Å². The first-order chi connectivity index (χ1) is 19.1. The Balaban J connectivity index is 1.83. The number of benzene rings is 1. The first kappa shape index (κ1) is 30.1. The number of aromatic nitrogens is 4. The highest BCUT2D eigenvalue weighted by atomic mass is 32.2. The van der Waals surface area contributed by atoms with Gasteiger partial charge in [0.25, 0.3) is 5.56 Å². The van der Waals surface area contributed by atoms with Crippen LogP contribution in [0.4, 0.5) is 23.8 Å². The van der Waals surface area contributed by atoms with E-state index in [9.17, 15) is 32.6 Å². The topological polar surface area (TPSA) is 140 Å². The zero-order valence-corrected chi connectivity index (χ0v) is 23.8. The van der Waals surface area contributed by atoms with Crippen molar-refractivity contribution in [1.82, 2.24) is 24.6 Å². The van der Waals surface area contributed by atoms with Gasteiger partial charge < -0.3 is 19.1 Å². The highest BCUT2D eigenvalue weighted by molar-refractivity contribution is 7.90. The van der Waals surface area contributed by atoms with E-state index in [-0.39, 0.29) is 53.5 Å². The summed E-state index contributed by atoms with van der Waals surface area (Å²) in [7, 11) is 0. The molecule has 0 aliphatic carbocycles. The molecule has 11 nitrogen and oxygen atoms in total. The summed E-state index contributed by atoms with van der Waals surface area (Å²) in [5.74, 6) is 0.170. The third kappa shape index (κ3) is 6.23. The van der Waals surface area contributed by atoms with E-state index in [1.54, 1.807) is 25.7 Å². The summed E-state index contributed by atoms with van der Waals surface area (Å²) in [6, 6.07) is 5.27. The second kappa shape index (κ2) is 11.2. The smallest absolute Gasteiger partial charge is 0.418 e. The van der Waals surface area contributed by atoms with Crippen molar-refractivity contribution in [3.8, 4) is 11.8 Å². The number of anilines is 1. The fraction of sp³-hybridized carbons (Fsp3) is 0.462. The molecular formula is C26H28F3N7O4S. The highest BCUT2D eigenvalue weighted by Crippen LogP contribution is 2.36. The summed E-state index contributed by atoms with van der Waals surface area (Å²) in [6.45, 7) is 6.96. The summed E-state index contributed by atoms with van der Waals surface area (Å²) in [5.41, 5.74) is -3.53. The second-order valence-corrected chi connectivity index (χ2v) is 11.8. The van der Waals surface area contributed by atoms with Crippen LogP contribution in [0, 0.1) is 18.3 Å². The third-order valence-corrected chi connectivity index (χ3v) is 7.06. The van der Waals surface area contributed by atoms with Gasteiger partial charge in [0.05, 0.1) is 41.4 Å². The van der Waals surface area contributed by atoms with E-state index in [2.05, 4.69) is 21.1 Å². The quantitative estimate of drug-likeness (QED) is 0.329. The highest BCUT2D eigenvalue weighted by Gasteiger charge is 2.37. The Morgan fingerprint density at radius 1 is 1.24 bits per heavy atom. The Kier molecular flexibility index (Phi) is 8.19. The van der Waals surface area contributed by atoms with Crippen LogP contribution in [0.25, 0.3) is 16.6 Å². The monoisotopic (exact) mass is 591 g/mol. The number of carbonyl (C=O) groups excluding carboxylic acids is 1. The summed E-state index contributed by atoms with van der Waals surface area (Å²) in [4.78, 5) is 38.1. The van der Waals surface area contributed by atoms with Crippen LogP contribution in [0.2, 0.25) is 0 Å². The molecular weight excluding hydrogens is 563 g/mol. The van der Waals surface area contributed by atoms with Crippen molar-refractivity contribution in [2.45, 2.75) is 57.1 Å². The van der Waals surface area contributed by atoms with E-state index in [4.69, 9.17) is 4.74 Å². The summed E-state index contributed by atoms with van der Waals surface area (Å²) >= 11 is -1.75. The van der Waals surface area contributed by atoms with E-state index in [1.807, 2.05) is 0 Å². The van der Waals surface area contributed by atoms with Gasteiger partial charge in [-0.05, 0) is 39.3 Å². The third-order valence-electron chi connectivity index (χ3n) is 6.36. The van der Waals surface area contributed by atoms with Crippen molar-refractivity contribution in [3.63, 3.8) is 0 Å². The van der Waals surface area contributed by atoms with E-state index in [0.29, 0.717) is 4.68 Å². The predicted octanol–water partition coefficient (Wildman–Crippen LogP) is 3.58. The maximum atomic E-state index is 13.9. The Morgan fingerprint density at radius 3 is 2.56 bits per heavy atom. The molecule has 41 heavy (non-hydrogen) atoms. The molecule has 1 aliphatic rings. The molecule has 0 spiro atoms. The average molecular weight is 592 g/mol. The number of amides is 1. The Bertz CT molecular complexity index is 1580. The number of aryl methyl sites for hydroxylation is 1. The molecule has 4 rings (SSSR count). The predicted molar refractivity (Wildman–Crippen MR) is 144 cm³/mol. The van der Waals surface area contributed by atoms with Gasteiger partial charge in [-0.15, -0.1) is 0 Å². The van der Waals surface area contributed by atoms with Crippen LogP contribution in [-0.2, 0) is 22.1 Å². The maximum absolute atomic E-state index is 13.9. The largest absolute Gasteiger partial charge is 0.609 e. The van der Waals surface area contributed by atoms with Crippen molar-refractivity contribution in [2.75, 3.05) is 30.8 Å². The van der Waals surface area contributed by atoms with Crippen LogP contribution in [-0.4, -0.2) is 72.8 Å². The molecule has 2 unspecified atom stereocenters. The van der Waals surface area contributed by atoms with Gasteiger partial charge in [-0.25, -0.2) is 4.79 Å². The molecule has 1 aliphatic heterocycles. The molecule has 2 atom stereocenters. The molecule has 0 N–H and O–H groups in total. The normalized spacial score (nSPS) is 16.9. The van der Waals surface area contributed by atoms with Crippen LogP contribution in [0.5, 0.6) is 0 Å². The Labute approximate surface area is 236 Å². The number of hydrogen-bond donors (Lipinski definition) is 0. The zero-order chi connectivity index (χ0) is 30.3. The standard InChI is InChI=1S/C26H28F3N7O4S/c1-15-7-6-8-18(19(15)26(27,28)29)36-22(37)20-17(13-31-36)21(33-23(32-20)41(5)39)34-11-12-35(16(14-34)9-10-30)24(38)40-25(2,3)4/h6-8,13,16H,9,11-12,14H2,1-5H3. The van der Waals surface area contributed by atoms with Crippen molar-refractivity contribution in [2.24, 2.45) is 0 Å². The molecule has 1 amide bonds. The second-order valence-electron chi connectivity index (χ2n) is 10.5. The average Bonchev–Trinajstić information content (AvgIpc) is 2.86. The number of hydrogen-bond acceptors (Lipinski definition) is 9. The van der Waals surface area contributed by atoms with E-state index in [1.165, 1.54) is 36.4 Å². The lowest BCUT2D eigenvalue weighted by atomic mass is 10.1. The molecule has 0 radical (unpaired) electrons. The lowest BCUT2D eigenvalue weighted by Crippen LogP contribution is -2.56. The van der Waals surface area contributed by atoms with Crippen LogP contribution in [0.15, 0.2) is 34.3 Å². The number of nitriles is 1. The zero-order valence-electron chi connectivity index (χ0n) is 23.0. The van der Waals surface area contributed by atoms with Gasteiger partial charge in [-0.3, -0.25) is 4.79 Å². The minimum atomic E-state index is -4.76. The SMILES string of the molecule is Cc1cccc(-n2ncc3c(N4CCN(C(=O)OC(C)(C)C)C(CC#N)C4)nc([S+](C)[O-])nc3c2=O)c1C(F)(F)F. The summed E-state index contributed by atoms with van der Waals surface area (Å²) < 4.78 is 60.3. The first-order valence-corrected chi connectivity index (χ1v) is 14.1. The number of fused-ring (bicyclic) bond motifs is 1. The van der Waals surface area contributed by atoms with Gasteiger partial charge >= 0.3 is 17.4 Å². The number of ether oxygens (including phenoxy) is 1. The van der Waals surface area contributed by atoms with E-state index in [0.717, 1.165) is 6.07 Å².